The Kier molecular flexibility index (Phi) is 5.50. The molecule has 0 saturated heterocycles. The Labute approximate surface area is 122 Å². The van der Waals surface area contributed by atoms with Crippen LogP contribution in [0.2, 0.25) is 0 Å². The summed E-state index contributed by atoms with van der Waals surface area (Å²) in [6.07, 6.45) is 3.78. The van der Waals surface area contributed by atoms with Gasteiger partial charge in [-0.25, -0.2) is 4.58 Å². The molecule has 0 saturated carbocycles. The first kappa shape index (κ1) is 14.6. The molecule has 1 aromatic rings. The van der Waals surface area contributed by atoms with E-state index in [0.29, 0.717) is 12.0 Å². The zero-order valence-electron chi connectivity index (χ0n) is 12.4. The maximum Gasteiger partial charge on any atom is 0.213 e. The molecule has 0 fully saturated rings. The van der Waals surface area contributed by atoms with Crippen LogP contribution in [0.4, 0.5) is 0 Å². The van der Waals surface area contributed by atoms with E-state index < -0.39 is 0 Å². The smallest absolute Gasteiger partial charge is 0.213 e. The van der Waals surface area contributed by atoms with Gasteiger partial charge in [0.25, 0.3) is 0 Å². The molecule has 1 aromatic carbocycles. The summed E-state index contributed by atoms with van der Waals surface area (Å²) in [5.74, 6) is 1.93. The molecule has 2 rings (SSSR count). The van der Waals surface area contributed by atoms with Gasteiger partial charge in [0.2, 0.25) is 5.04 Å². The van der Waals surface area contributed by atoms with Gasteiger partial charge in [-0.15, -0.1) is 0 Å². The highest BCUT2D eigenvalue weighted by molar-refractivity contribution is 8.13. The van der Waals surface area contributed by atoms with Crippen molar-refractivity contribution in [1.29, 1.82) is 0 Å². The molecule has 1 heterocycles. The van der Waals surface area contributed by atoms with E-state index in [1.807, 2.05) is 0 Å². The van der Waals surface area contributed by atoms with Gasteiger partial charge >= 0.3 is 0 Å². The second-order valence-electron chi connectivity index (χ2n) is 5.69. The number of nitrogens with zero attached hydrogens (tertiary/aromatic N) is 1. The molecule has 0 amide bonds. The highest BCUT2D eigenvalue weighted by Gasteiger charge is 2.34. The fourth-order valence-corrected chi connectivity index (χ4v) is 4.11. The van der Waals surface area contributed by atoms with Crippen LogP contribution in [0.5, 0.6) is 0 Å². The number of hydrogen-bond acceptors (Lipinski definition) is 1. The Morgan fingerprint density at radius 3 is 2.63 bits per heavy atom. The molecular formula is C17H26NS+. The van der Waals surface area contributed by atoms with Gasteiger partial charge in [-0.3, -0.25) is 0 Å². The Morgan fingerprint density at radius 1 is 1.26 bits per heavy atom. The lowest BCUT2D eigenvalue weighted by atomic mass is 10.1. The van der Waals surface area contributed by atoms with Crippen LogP contribution in [0, 0.1) is 5.92 Å². The van der Waals surface area contributed by atoms with Crippen molar-refractivity contribution in [2.24, 2.45) is 5.92 Å². The number of thioether (sulfide) groups is 1. The van der Waals surface area contributed by atoms with E-state index in [-0.39, 0.29) is 0 Å². The first-order valence-corrected chi connectivity index (χ1v) is 8.51. The molecule has 19 heavy (non-hydrogen) atoms. The standard InChI is InChI=1S/C17H26NS/c1-4-5-11-18-16(13-19-17(18)14(2)3)12-15-9-7-6-8-10-15/h6-10,14,16H,4-5,11-13H2,1-3H3/q+1. The highest BCUT2D eigenvalue weighted by atomic mass is 32.2. The van der Waals surface area contributed by atoms with Crippen LogP contribution in [-0.4, -0.2) is 28.0 Å². The predicted octanol–water partition coefficient (Wildman–Crippen LogP) is 4.21. The van der Waals surface area contributed by atoms with E-state index in [2.05, 4.69) is 67.4 Å². The monoisotopic (exact) mass is 276 g/mol. The zero-order chi connectivity index (χ0) is 13.7. The van der Waals surface area contributed by atoms with Crippen molar-refractivity contribution in [3.05, 3.63) is 35.9 Å². The molecule has 1 atom stereocenters. The van der Waals surface area contributed by atoms with E-state index in [0.717, 1.165) is 0 Å². The van der Waals surface area contributed by atoms with Gasteiger partial charge in [0, 0.05) is 18.8 Å². The lowest BCUT2D eigenvalue weighted by Crippen LogP contribution is -2.30. The van der Waals surface area contributed by atoms with Crippen LogP contribution in [0.3, 0.4) is 0 Å². The molecule has 1 aliphatic rings. The number of rotatable bonds is 6. The van der Waals surface area contributed by atoms with Crippen LogP contribution in [0.25, 0.3) is 0 Å². The molecule has 1 aliphatic heterocycles. The average molecular weight is 276 g/mol. The summed E-state index contributed by atoms with van der Waals surface area (Å²) in [6, 6.07) is 11.6. The van der Waals surface area contributed by atoms with Gasteiger partial charge in [0.1, 0.15) is 6.54 Å². The molecule has 0 radical (unpaired) electrons. The topological polar surface area (TPSA) is 3.01 Å². The largest absolute Gasteiger partial charge is 0.224 e. The number of benzene rings is 1. The molecule has 104 valence electrons. The van der Waals surface area contributed by atoms with Gasteiger partial charge in [-0.2, -0.15) is 0 Å². The Hall–Kier alpha value is -0.760. The normalized spacial score (nSPS) is 19.5. The molecular weight excluding hydrogens is 250 g/mol. The summed E-state index contributed by atoms with van der Waals surface area (Å²) >= 11 is 2.08. The third kappa shape index (κ3) is 3.85. The Balaban J connectivity index is 2.11. The highest BCUT2D eigenvalue weighted by Crippen LogP contribution is 2.25. The Bertz CT molecular complexity index is 422. The van der Waals surface area contributed by atoms with Gasteiger partial charge < -0.3 is 0 Å². The third-order valence-electron chi connectivity index (χ3n) is 3.71. The molecule has 1 unspecified atom stereocenters. The van der Waals surface area contributed by atoms with E-state index >= 15 is 0 Å². The van der Waals surface area contributed by atoms with E-state index in [9.17, 15) is 0 Å². The summed E-state index contributed by atoms with van der Waals surface area (Å²) in [5.41, 5.74) is 1.47. The van der Waals surface area contributed by atoms with Crippen molar-refractivity contribution in [3.63, 3.8) is 0 Å². The molecule has 0 bridgehead atoms. The van der Waals surface area contributed by atoms with Crippen molar-refractivity contribution >= 4 is 16.8 Å². The first-order chi connectivity index (χ1) is 9.22. The molecule has 0 spiro atoms. The van der Waals surface area contributed by atoms with Crippen LogP contribution in [0.15, 0.2) is 30.3 Å². The minimum Gasteiger partial charge on any atom is -0.224 e. The van der Waals surface area contributed by atoms with Crippen molar-refractivity contribution in [2.45, 2.75) is 46.1 Å². The van der Waals surface area contributed by atoms with Crippen LogP contribution < -0.4 is 0 Å². The van der Waals surface area contributed by atoms with E-state index in [1.54, 1.807) is 5.04 Å². The van der Waals surface area contributed by atoms with Crippen molar-refractivity contribution < 1.29 is 4.58 Å². The summed E-state index contributed by atoms with van der Waals surface area (Å²) in [4.78, 5) is 0. The lowest BCUT2D eigenvalue weighted by Gasteiger charge is -2.12. The summed E-state index contributed by atoms with van der Waals surface area (Å²) < 4.78 is 2.69. The molecule has 0 N–H and O–H groups in total. The molecule has 0 aliphatic carbocycles. The Morgan fingerprint density at radius 2 is 2.00 bits per heavy atom. The van der Waals surface area contributed by atoms with Gasteiger partial charge in [-0.1, -0.05) is 69.3 Å². The van der Waals surface area contributed by atoms with Crippen molar-refractivity contribution in [3.8, 4) is 0 Å². The van der Waals surface area contributed by atoms with Crippen LogP contribution in [-0.2, 0) is 6.42 Å². The van der Waals surface area contributed by atoms with Crippen LogP contribution in [0.1, 0.15) is 39.2 Å². The molecule has 1 nitrogen and oxygen atoms in total. The maximum absolute atomic E-state index is 2.69. The SMILES string of the molecule is CCCC[N+]1=C(C(C)C)SCC1Cc1ccccc1. The van der Waals surface area contributed by atoms with Gasteiger partial charge in [0.05, 0.1) is 5.75 Å². The van der Waals surface area contributed by atoms with Crippen molar-refractivity contribution in [1.82, 2.24) is 0 Å². The summed E-state index contributed by atoms with van der Waals surface area (Å²) in [7, 11) is 0. The molecule has 2 heteroatoms. The number of unbranched alkanes of at least 4 members (excludes halogenated alkanes) is 1. The lowest BCUT2D eigenvalue weighted by molar-refractivity contribution is -0.557. The predicted molar refractivity (Wildman–Crippen MR) is 86.3 cm³/mol. The van der Waals surface area contributed by atoms with Gasteiger partial charge in [-0.05, 0) is 5.56 Å². The fraction of sp³-hybridized carbons (Fsp3) is 0.588. The minimum absolute atomic E-state index is 0.669. The third-order valence-corrected chi connectivity index (χ3v) is 5.26. The average Bonchev–Trinajstić information content (AvgIpc) is 2.80. The summed E-state index contributed by atoms with van der Waals surface area (Å²) in [5, 5.41) is 1.61. The molecule has 0 aromatic heterocycles. The maximum atomic E-state index is 2.69. The van der Waals surface area contributed by atoms with E-state index in [4.69, 9.17) is 0 Å². The van der Waals surface area contributed by atoms with E-state index in [1.165, 1.54) is 37.1 Å². The van der Waals surface area contributed by atoms with Crippen LogP contribution >= 0.6 is 11.8 Å². The number of hydrogen-bond donors (Lipinski definition) is 0. The van der Waals surface area contributed by atoms with Crippen molar-refractivity contribution in [2.75, 3.05) is 12.3 Å². The minimum atomic E-state index is 0.669. The zero-order valence-corrected chi connectivity index (χ0v) is 13.2. The quantitative estimate of drug-likeness (QED) is 0.703. The fourth-order valence-electron chi connectivity index (χ4n) is 2.71. The second-order valence-corrected chi connectivity index (χ2v) is 6.73. The second kappa shape index (κ2) is 7.14. The summed E-state index contributed by atoms with van der Waals surface area (Å²) in [6.45, 7) is 8.16. The van der Waals surface area contributed by atoms with Gasteiger partial charge in [0.15, 0.2) is 6.04 Å². The first-order valence-electron chi connectivity index (χ1n) is 7.52.